The smallest absolute Gasteiger partial charge is 0.239 e. The van der Waals surface area contributed by atoms with Crippen LogP contribution in [-0.2, 0) is 9.59 Å². The summed E-state index contributed by atoms with van der Waals surface area (Å²) in [6.45, 7) is 0. The van der Waals surface area contributed by atoms with Gasteiger partial charge in [0.05, 0.1) is 0 Å². The number of hydrogen-bond acceptors (Lipinski definition) is 3. The second-order valence-electron chi connectivity index (χ2n) is 3.84. The Kier molecular flexibility index (Phi) is 3.99. The van der Waals surface area contributed by atoms with Crippen molar-refractivity contribution in [3.63, 3.8) is 0 Å². The maximum absolute atomic E-state index is 11.9. The van der Waals surface area contributed by atoms with Gasteiger partial charge in [0.25, 0.3) is 0 Å². The van der Waals surface area contributed by atoms with Gasteiger partial charge in [-0.15, -0.1) is 11.8 Å². The Labute approximate surface area is 110 Å². The number of amides is 1. The minimum absolute atomic E-state index is 0.185. The molecule has 0 bridgehead atoms. The van der Waals surface area contributed by atoms with Gasteiger partial charge < -0.3 is 5.32 Å². The normalized spacial score (nSPS) is 17.8. The first-order valence-corrected chi connectivity index (χ1v) is 6.77. The number of nitrogens with one attached hydrogen (secondary N) is 1. The number of thioether (sulfide) groups is 1. The average Bonchev–Trinajstić information content (AvgIpc) is 2.40. The van der Waals surface area contributed by atoms with Gasteiger partial charge in [-0.3, -0.25) is 9.59 Å². The van der Waals surface area contributed by atoms with Crippen LogP contribution in [0.5, 0.6) is 0 Å². The molecule has 0 spiro atoms. The third kappa shape index (κ3) is 2.90. The Morgan fingerprint density at radius 1 is 1.22 bits per heavy atom. The molecule has 1 atom stereocenters. The molecule has 92 valence electrons. The van der Waals surface area contributed by atoms with Gasteiger partial charge in [-0.05, 0) is 36.6 Å². The van der Waals surface area contributed by atoms with Gasteiger partial charge in [-0.25, -0.2) is 0 Å². The van der Waals surface area contributed by atoms with Crippen molar-refractivity contribution in [3.8, 4) is 0 Å². The van der Waals surface area contributed by atoms with Crippen LogP contribution >= 0.6 is 11.8 Å². The van der Waals surface area contributed by atoms with Crippen LogP contribution in [0.3, 0.4) is 0 Å². The van der Waals surface area contributed by atoms with E-state index in [1.165, 1.54) is 6.08 Å². The summed E-state index contributed by atoms with van der Waals surface area (Å²) in [4.78, 5) is 24.6. The summed E-state index contributed by atoms with van der Waals surface area (Å²) in [5.41, 5.74) is 0.702. The second kappa shape index (κ2) is 5.69. The van der Waals surface area contributed by atoms with Gasteiger partial charge in [0.1, 0.15) is 5.92 Å². The minimum Gasteiger partial charge on any atom is -0.325 e. The summed E-state index contributed by atoms with van der Waals surface area (Å²) >= 11 is 1.64. The molecule has 0 saturated heterocycles. The van der Waals surface area contributed by atoms with Crippen molar-refractivity contribution < 1.29 is 9.59 Å². The number of rotatable bonds is 3. The third-order valence-corrected chi connectivity index (χ3v) is 3.37. The molecule has 0 radical (unpaired) electrons. The van der Waals surface area contributed by atoms with E-state index in [-0.39, 0.29) is 11.7 Å². The standard InChI is InChI=1S/C14H13NO2S/c1-18-11-8-6-10(7-9-11)15-14(17)12-4-2-3-5-13(12)16/h2-9,12H,1H3,(H,15,17). The van der Waals surface area contributed by atoms with Crippen LogP contribution in [0.2, 0.25) is 0 Å². The zero-order chi connectivity index (χ0) is 13.0. The average molecular weight is 259 g/mol. The quantitative estimate of drug-likeness (QED) is 0.670. The van der Waals surface area contributed by atoms with E-state index in [0.717, 1.165) is 4.90 Å². The van der Waals surface area contributed by atoms with E-state index < -0.39 is 5.92 Å². The lowest BCUT2D eigenvalue weighted by atomic mass is 9.98. The van der Waals surface area contributed by atoms with Crippen LogP contribution < -0.4 is 5.32 Å². The highest BCUT2D eigenvalue weighted by molar-refractivity contribution is 7.98. The predicted octanol–water partition coefficient (Wildman–Crippen LogP) is 2.66. The van der Waals surface area contributed by atoms with Crippen LogP contribution in [0.4, 0.5) is 5.69 Å². The fourth-order valence-electron chi connectivity index (χ4n) is 1.64. The summed E-state index contributed by atoms with van der Waals surface area (Å²) in [5, 5.41) is 2.74. The lowest BCUT2D eigenvalue weighted by Crippen LogP contribution is -2.28. The molecule has 1 unspecified atom stereocenters. The molecule has 0 heterocycles. The van der Waals surface area contributed by atoms with E-state index in [1.807, 2.05) is 30.5 Å². The van der Waals surface area contributed by atoms with Crippen molar-refractivity contribution in [2.75, 3.05) is 11.6 Å². The van der Waals surface area contributed by atoms with Crippen molar-refractivity contribution in [1.29, 1.82) is 0 Å². The molecule has 3 nitrogen and oxygen atoms in total. The number of allylic oxidation sites excluding steroid dienone is 3. The van der Waals surface area contributed by atoms with Gasteiger partial charge in [0.2, 0.25) is 5.91 Å². The summed E-state index contributed by atoms with van der Waals surface area (Å²) in [7, 11) is 0. The Hall–Kier alpha value is -1.81. The van der Waals surface area contributed by atoms with Crippen LogP contribution in [0.1, 0.15) is 0 Å². The first-order chi connectivity index (χ1) is 8.70. The van der Waals surface area contributed by atoms with E-state index in [9.17, 15) is 9.59 Å². The fourth-order valence-corrected chi connectivity index (χ4v) is 2.04. The molecule has 0 aliphatic heterocycles. The van der Waals surface area contributed by atoms with Crippen LogP contribution in [-0.4, -0.2) is 17.9 Å². The fraction of sp³-hybridized carbons (Fsp3) is 0.143. The summed E-state index contributed by atoms with van der Waals surface area (Å²) in [5.74, 6) is -1.19. The molecule has 0 fully saturated rings. The van der Waals surface area contributed by atoms with Gasteiger partial charge in [-0.1, -0.05) is 18.2 Å². The largest absolute Gasteiger partial charge is 0.325 e. The van der Waals surface area contributed by atoms with Crippen LogP contribution in [0, 0.1) is 5.92 Å². The molecule has 1 aromatic rings. The van der Waals surface area contributed by atoms with Crippen molar-refractivity contribution in [2.24, 2.45) is 5.92 Å². The molecule has 2 rings (SSSR count). The predicted molar refractivity (Wildman–Crippen MR) is 73.6 cm³/mol. The summed E-state index contributed by atoms with van der Waals surface area (Å²) in [6.07, 6.45) is 8.36. The maximum Gasteiger partial charge on any atom is 0.239 e. The lowest BCUT2D eigenvalue weighted by Gasteiger charge is -2.12. The van der Waals surface area contributed by atoms with Crippen molar-refractivity contribution in [1.82, 2.24) is 0 Å². The van der Waals surface area contributed by atoms with Gasteiger partial charge in [-0.2, -0.15) is 0 Å². The molecule has 1 N–H and O–H groups in total. The third-order valence-electron chi connectivity index (χ3n) is 2.62. The van der Waals surface area contributed by atoms with E-state index in [4.69, 9.17) is 0 Å². The number of hydrogen-bond donors (Lipinski definition) is 1. The Bertz CT molecular complexity index is 517. The Morgan fingerprint density at radius 3 is 2.56 bits per heavy atom. The second-order valence-corrected chi connectivity index (χ2v) is 4.72. The zero-order valence-corrected chi connectivity index (χ0v) is 10.7. The number of benzene rings is 1. The van der Waals surface area contributed by atoms with Crippen LogP contribution in [0.25, 0.3) is 0 Å². The van der Waals surface area contributed by atoms with Crippen LogP contribution in [0.15, 0.2) is 53.5 Å². The topological polar surface area (TPSA) is 46.2 Å². The Balaban J connectivity index is 2.04. The number of carbonyl (C=O) groups excluding carboxylic acids is 2. The van der Waals surface area contributed by atoms with Gasteiger partial charge in [0.15, 0.2) is 5.78 Å². The molecule has 1 amide bonds. The monoisotopic (exact) mass is 259 g/mol. The number of ketones is 1. The van der Waals surface area contributed by atoms with Crippen molar-refractivity contribution in [2.45, 2.75) is 4.90 Å². The minimum atomic E-state index is -0.713. The molecule has 1 aromatic carbocycles. The zero-order valence-electron chi connectivity index (χ0n) is 9.92. The van der Waals surface area contributed by atoms with Gasteiger partial charge >= 0.3 is 0 Å². The molecule has 0 saturated carbocycles. The van der Waals surface area contributed by atoms with E-state index in [1.54, 1.807) is 30.0 Å². The lowest BCUT2D eigenvalue weighted by molar-refractivity contribution is -0.126. The molecule has 1 aliphatic carbocycles. The summed E-state index contributed by atoms with van der Waals surface area (Å²) in [6, 6.07) is 7.52. The van der Waals surface area contributed by atoms with Gasteiger partial charge in [0, 0.05) is 10.6 Å². The first kappa shape index (κ1) is 12.6. The van der Waals surface area contributed by atoms with E-state index in [2.05, 4.69) is 5.32 Å². The molecular formula is C14H13NO2S. The molecule has 1 aliphatic rings. The highest BCUT2D eigenvalue weighted by Crippen LogP contribution is 2.18. The number of anilines is 1. The summed E-state index contributed by atoms with van der Waals surface area (Å²) < 4.78 is 0. The SMILES string of the molecule is CSc1ccc(NC(=O)C2C=CC=CC2=O)cc1. The van der Waals surface area contributed by atoms with E-state index >= 15 is 0 Å². The Morgan fingerprint density at radius 2 is 1.94 bits per heavy atom. The highest BCUT2D eigenvalue weighted by atomic mass is 32.2. The first-order valence-electron chi connectivity index (χ1n) is 5.54. The van der Waals surface area contributed by atoms with Crippen molar-refractivity contribution >= 4 is 29.1 Å². The highest BCUT2D eigenvalue weighted by Gasteiger charge is 2.23. The van der Waals surface area contributed by atoms with Crippen molar-refractivity contribution in [3.05, 3.63) is 48.6 Å². The molecule has 4 heteroatoms. The maximum atomic E-state index is 11.9. The molecule has 18 heavy (non-hydrogen) atoms. The molecule has 0 aromatic heterocycles. The molecular weight excluding hydrogens is 246 g/mol. The number of carbonyl (C=O) groups is 2. The van der Waals surface area contributed by atoms with E-state index in [0.29, 0.717) is 5.69 Å².